The molecule has 0 heterocycles. The fraction of sp³-hybridized carbons (Fsp3) is 0.929. The number of amides is 1. The van der Waals surface area contributed by atoms with Crippen LogP contribution in [0.4, 0.5) is 13.2 Å². The van der Waals surface area contributed by atoms with E-state index >= 15 is 0 Å². The van der Waals surface area contributed by atoms with Crippen molar-refractivity contribution in [1.29, 1.82) is 0 Å². The molecular weight excluding hydrogens is 269 g/mol. The first-order chi connectivity index (χ1) is 9.33. The number of hydrogen-bond donors (Lipinski definition) is 1. The van der Waals surface area contributed by atoms with E-state index in [0.29, 0.717) is 6.04 Å². The highest BCUT2D eigenvalue weighted by Gasteiger charge is 2.31. The average Bonchev–Trinajstić information content (AvgIpc) is 2.41. The lowest BCUT2D eigenvalue weighted by Gasteiger charge is -2.35. The summed E-state index contributed by atoms with van der Waals surface area (Å²) in [5.74, 6) is -0.396. The molecular formula is C14H25F3N2O. The highest BCUT2D eigenvalue weighted by atomic mass is 19.4. The standard InChI is InChI=1S/C14H25F3N2O/c1-3-10-18-11-4-6-12(7-5-11)19(2)13(20)8-9-14(15,16)17/h11-12,18H,3-10H2,1-2H3. The monoisotopic (exact) mass is 294 g/mol. The van der Waals surface area contributed by atoms with Crippen molar-refractivity contribution >= 4 is 5.91 Å². The van der Waals surface area contributed by atoms with Gasteiger partial charge in [0.05, 0.1) is 6.42 Å². The second-order valence-electron chi connectivity index (χ2n) is 5.58. The third-order valence-electron chi connectivity index (χ3n) is 3.94. The molecule has 118 valence electrons. The first-order valence-corrected chi connectivity index (χ1v) is 7.39. The fourth-order valence-corrected chi connectivity index (χ4v) is 2.64. The predicted octanol–water partition coefficient (Wildman–Crippen LogP) is 3.10. The Hall–Kier alpha value is -0.780. The van der Waals surface area contributed by atoms with Crippen molar-refractivity contribution in [3.63, 3.8) is 0 Å². The Kier molecular flexibility index (Phi) is 6.79. The highest BCUT2D eigenvalue weighted by Crippen LogP contribution is 2.25. The Morgan fingerprint density at radius 1 is 1.25 bits per heavy atom. The van der Waals surface area contributed by atoms with Crippen LogP contribution in [-0.4, -0.2) is 42.7 Å². The fourth-order valence-electron chi connectivity index (χ4n) is 2.64. The summed E-state index contributed by atoms with van der Waals surface area (Å²) in [6.45, 7) is 3.11. The number of nitrogens with one attached hydrogen (secondary N) is 1. The zero-order chi connectivity index (χ0) is 15.2. The molecule has 0 unspecified atom stereocenters. The maximum Gasteiger partial charge on any atom is 0.389 e. The molecule has 0 bridgehead atoms. The molecule has 1 rings (SSSR count). The Balaban J connectivity index is 2.31. The topological polar surface area (TPSA) is 32.3 Å². The minimum atomic E-state index is -4.25. The zero-order valence-corrected chi connectivity index (χ0v) is 12.3. The van der Waals surface area contributed by atoms with Gasteiger partial charge in [-0.2, -0.15) is 13.2 Å². The molecule has 1 aliphatic carbocycles. The van der Waals surface area contributed by atoms with Gasteiger partial charge in [-0.25, -0.2) is 0 Å². The Bertz CT molecular complexity index is 299. The second kappa shape index (κ2) is 7.86. The van der Waals surface area contributed by atoms with E-state index in [1.54, 1.807) is 7.05 Å². The van der Waals surface area contributed by atoms with E-state index in [0.717, 1.165) is 38.6 Å². The van der Waals surface area contributed by atoms with E-state index in [4.69, 9.17) is 0 Å². The van der Waals surface area contributed by atoms with Gasteiger partial charge in [-0.3, -0.25) is 4.79 Å². The van der Waals surface area contributed by atoms with Gasteiger partial charge < -0.3 is 10.2 Å². The van der Waals surface area contributed by atoms with Gasteiger partial charge >= 0.3 is 6.18 Å². The summed E-state index contributed by atoms with van der Waals surface area (Å²) in [6.07, 6.45) is -0.903. The van der Waals surface area contributed by atoms with Crippen molar-refractivity contribution in [3.8, 4) is 0 Å². The Morgan fingerprint density at radius 3 is 2.35 bits per heavy atom. The number of carbonyl (C=O) groups is 1. The second-order valence-corrected chi connectivity index (χ2v) is 5.58. The molecule has 1 saturated carbocycles. The molecule has 0 radical (unpaired) electrons. The van der Waals surface area contributed by atoms with Gasteiger partial charge in [0, 0.05) is 25.6 Å². The number of hydrogen-bond acceptors (Lipinski definition) is 2. The minimum Gasteiger partial charge on any atom is -0.343 e. The lowest BCUT2D eigenvalue weighted by Crippen LogP contribution is -2.43. The quantitative estimate of drug-likeness (QED) is 0.816. The van der Waals surface area contributed by atoms with E-state index in [-0.39, 0.29) is 6.04 Å². The molecule has 20 heavy (non-hydrogen) atoms. The molecule has 0 atom stereocenters. The molecule has 0 aromatic heterocycles. The molecule has 0 aliphatic heterocycles. The summed E-state index contributed by atoms with van der Waals surface area (Å²) in [4.78, 5) is 13.3. The summed E-state index contributed by atoms with van der Waals surface area (Å²) in [7, 11) is 1.63. The maximum absolute atomic E-state index is 12.1. The number of halogens is 3. The lowest BCUT2D eigenvalue weighted by atomic mass is 9.90. The van der Waals surface area contributed by atoms with Crippen molar-refractivity contribution in [1.82, 2.24) is 10.2 Å². The molecule has 1 aliphatic rings. The molecule has 6 heteroatoms. The minimum absolute atomic E-state index is 0.0930. The summed E-state index contributed by atoms with van der Waals surface area (Å²) < 4.78 is 36.3. The molecule has 0 saturated heterocycles. The molecule has 1 amide bonds. The van der Waals surface area contributed by atoms with Crippen molar-refractivity contribution in [2.24, 2.45) is 0 Å². The maximum atomic E-state index is 12.1. The van der Waals surface area contributed by atoms with Gasteiger partial charge in [-0.15, -0.1) is 0 Å². The van der Waals surface area contributed by atoms with Crippen molar-refractivity contribution in [2.75, 3.05) is 13.6 Å². The van der Waals surface area contributed by atoms with Crippen LogP contribution in [0.1, 0.15) is 51.9 Å². The molecule has 0 aromatic carbocycles. The van der Waals surface area contributed by atoms with Gasteiger partial charge in [0.1, 0.15) is 0 Å². The summed E-state index contributed by atoms with van der Waals surface area (Å²) >= 11 is 0. The number of alkyl halides is 3. The Labute approximate surface area is 118 Å². The Morgan fingerprint density at radius 2 is 1.85 bits per heavy atom. The van der Waals surface area contributed by atoms with Crippen molar-refractivity contribution < 1.29 is 18.0 Å². The van der Waals surface area contributed by atoms with Crippen LogP contribution in [0.5, 0.6) is 0 Å². The highest BCUT2D eigenvalue weighted by molar-refractivity contribution is 5.76. The van der Waals surface area contributed by atoms with Gasteiger partial charge in [0.2, 0.25) is 5.91 Å². The van der Waals surface area contributed by atoms with Crippen LogP contribution in [0.2, 0.25) is 0 Å². The number of rotatable bonds is 6. The lowest BCUT2D eigenvalue weighted by molar-refractivity contribution is -0.149. The molecule has 0 aromatic rings. The SMILES string of the molecule is CCCNC1CCC(N(C)C(=O)CCC(F)(F)F)CC1. The summed E-state index contributed by atoms with van der Waals surface area (Å²) in [5, 5.41) is 3.45. The first kappa shape index (κ1) is 17.3. The normalized spacial score (nSPS) is 23.6. The zero-order valence-electron chi connectivity index (χ0n) is 12.3. The van der Waals surface area contributed by atoms with Crippen LogP contribution in [0.3, 0.4) is 0 Å². The predicted molar refractivity (Wildman–Crippen MR) is 72.4 cm³/mol. The van der Waals surface area contributed by atoms with Crippen LogP contribution < -0.4 is 5.32 Å². The molecule has 1 fully saturated rings. The van der Waals surface area contributed by atoms with Crippen LogP contribution in [0.15, 0.2) is 0 Å². The van der Waals surface area contributed by atoms with Crippen molar-refractivity contribution in [2.45, 2.75) is 70.1 Å². The van der Waals surface area contributed by atoms with E-state index < -0.39 is 24.9 Å². The van der Waals surface area contributed by atoms with Crippen LogP contribution in [-0.2, 0) is 4.79 Å². The molecule has 3 nitrogen and oxygen atoms in total. The average molecular weight is 294 g/mol. The van der Waals surface area contributed by atoms with E-state index in [2.05, 4.69) is 12.2 Å². The van der Waals surface area contributed by atoms with Gasteiger partial charge in [0.25, 0.3) is 0 Å². The van der Waals surface area contributed by atoms with Gasteiger partial charge in [-0.1, -0.05) is 6.92 Å². The third kappa shape index (κ3) is 6.11. The largest absolute Gasteiger partial charge is 0.389 e. The van der Waals surface area contributed by atoms with E-state index in [9.17, 15) is 18.0 Å². The van der Waals surface area contributed by atoms with Crippen molar-refractivity contribution in [3.05, 3.63) is 0 Å². The smallest absolute Gasteiger partial charge is 0.343 e. The van der Waals surface area contributed by atoms with Crippen LogP contribution in [0.25, 0.3) is 0 Å². The number of carbonyl (C=O) groups excluding carboxylic acids is 1. The summed E-state index contributed by atoms with van der Waals surface area (Å²) in [6, 6.07) is 0.584. The molecule has 0 spiro atoms. The van der Waals surface area contributed by atoms with Crippen LogP contribution in [0, 0.1) is 0 Å². The van der Waals surface area contributed by atoms with Gasteiger partial charge in [0.15, 0.2) is 0 Å². The van der Waals surface area contributed by atoms with Gasteiger partial charge in [-0.05, 0) is 38.6 Å². The van der Waals surface area contributed by atoms with E-state index in [1.807, 2.05) is 0 Å². The third-order valence-corrected chi connectivity index (χ3v) is 3.94. The number of nitrogens with zero attached hydrogens (tertiary/aromatic N) is 1. The molecule has 1 N–H and O–H groups in total. The first-order valence-electron chi connectivity index (χ1n) is 7.39. The van der Waals surface area contributed by atoms with Crippen LogP contribution >= 0.6 is 0 Å². The van der Waals surface area contributed by atoms with E-state index in [1.165, 1.54) is 4.90 Å². The summed E-state index contributed by atoms with van der Waals surface area (Å²) in [5.41, 5.74) is 0.